The Labute approximate surface area is 185 Å². The van der Waals surface area contributed by atoms with E-state index in [2.05, 4.69) is 61.5 Å². The number of hydrogen-bond acceptors (Lipinski definition) is 4. The molecule has 0 spiro atoms. The van der Waals surface area contributed by atoms with Crippen LogP contribution in [0.5, 0.6) is 5.75 Å². The average Bonchev–Trinajstić information content (AvgIpc) is 3.23. The minimum Gasteiger partial charge on any atom is -0.480 e. The van der Waals surface area contributed by atoms with E-state index >= 15 is 0 Å². The van der Waals surface area contributed by atoms with Crippen molar-refractivity contribution in [2.24, 2.45) is 5.92 Å². The molecule has 4 rings (SSSR count). The van der Waals surface area contributed by atoms with Crippen molar-refractivity contribution >= 4 is 5.97 Å². The van der Waals surface area contributed by atoms with Crippen LogP contribution in [0.2, 0.25) is 0 Å². The Morgan fingerprint density at radius 1 is 1.10 bits per heavy atom. The first-order chi connectivity index (χ1) is 15.0. The number of benzene rings is 2. The van der Waals surface area contributed by atoms with E-state index in [0.29, 0.717) is 18.9 Å². The van der Waals surface area contributed by atoms with Gasteiger partial charge in [-0.3, -0.25) is 9.69 Å². The fraction of sp³-hybridized carbons (Fsp3) is 0.500. The van der Waals surface area contributed by atoms with Crippen molar-refractivity contribution in [2.45, 2.75) is 56.5 Å². The normalized spacial score (nSPS) is 26.8. The summed E-state index contributed by atoms with van der Waals surface area (Å²) in [6.07, 6.45) is 7.27. The third-order valence-electron chi connectivity index (χ3n) is 7.23. The van der Waals surface area contributed by atoms with Gasteiger partial charge in [0.05, 0.1) is 0 Å². The van der Waals surface area contributed by atoms with Crippen LogP contribution in [0.4, 0.5) is 0 Å². The zero-order valence-corrected chi connectivity index (χ0v) is 18.7. The zero-order valence-electron chi connectivity index (χ0n) is 18.7. The van der Waals surface area contributed by atoms with Gasteiger partial charge in [-0.1, -0.05) is 42.5 Å². The standard InChI is InChI=1S/C26H34N2O3/c1-27(2)26(22-9-4-3-5-10-22)15-13-20(14-16-26)18-21-8-6-11-23(19-21)31-28-17-7-12-24(28)25(29)30/h3-6,8-11,19-20,24H,7,12-18H2,1-2H3,(H,29,30). The van der Waals surface area contributed by atoms with Crippen LogP contribution in [-0.2, 0) is 16.8 Å². The topological polar surface area (TPSA) is 53.0 Å². The lowest BCUT2D eigenvalue weighted by atomic mass is 9.70. The van der Waals surface area contributed by atoms with E-state index in [1.54, 1.807) is 5.06 Å². The molecule has 2 fully saturated rings. The molecule has 1 atom stereocenters. The molecule has 1 aliphatic heterocycles. The third kappa shape index (κ3) is 4.78. The second-order valence-corrected chi connectivity index (χ2v) is 9.32. The van der Waals surface area contributed by atoms with E-state index in [-0.39, 0.29) is 5.54 Å². The molecule has 1 heterocycles. The second-order valence-electron chi connectivity index (χ2n) is 9.32. The first kappa shape index (κ1) is 21.8. The maximum Gasteiger partial charge on any atom is 0.324 e. The highest BCUT2D eigenvalue weighted by Gasteiger charge is 2.38. The van der Waals surface area contributed by atoms with E-state index < -0.39 is 12.0 Å². The number of rotatable bonds is 7. The van der Waals surface area contributed by atoms with Gasteiger partial charge in [0.25, 0.3) is 0 Å². The summed E-state index contributed by atoms with van der Waals surface area (Å²) in [7, 11) is 4.41. The Hall–Kier alpha value is -2.37. The molecule has 1 unspecified atom stereocenters. The van der Waals surface area contributed by atoms with Crippen molar-refractivity contribution in [3.8, 4) is 5.75 Å². The van der Waals surface area contributed by atoms with E-state index in [9.17, 15) is 9.90 Å². The van der Waals surface area contributed by atoms with Crippen LogP contribution in [0.3, 0.4) is 0 Å². The van der Waals surface area contributed by atoms with E-state index in [1.165, 1.54) is 36.8 Å². The fourth-order valence-electron chi connectivity index (χ4n) is 5.40. The predicted octanol–water partition coefficient (Wildman–Crippen LogP) is 4.72. The van der Waals surface area contributed by atoms with E-state index in [4.69, 9.17) is 4.84 Å². The summed E-state index contributed by atoms with van der Waals surface area (Å²) in [6, 6.07) is 18.6. The Morgan fingerprint density at radius 3 is 2.52 bits per heavy atom. The molecule has 2 aromatic rings. The minimum atomic E-state index is -0.807. The molecule has 2 aromatic carbocycles. The minimum absolute atomic E-state index is 0.129. The molecule has 5 nitrogen and oxygen atoms in total. The molecule has 1 saturated heterocycles. The van der Waals surface area contributed by atoms with Gasteiger partial charge in [0, 0.05) is 12.1 Å². The molecule has 2 aliphatic rings. The lowest BCUT2D eigenvalue weighted by Gasteiger charge is -2.45. The molecule has 0 bridgehead atoms. The van der Waals surface area contributed by atoms with Gasteiger partial charge in [-0.05, 0) is 88.2 Å². The lowest BCUT2D eigenvalue weighted by molar-refractivity contribution is -0.154. The maximum atomic E-state index is 11.4. The summed E-state index contributed by atoms with van der Waals surface area (Å²) in [6.45, 7) is 0.663. The quantitative estimate of drug-likeness (QED) is 0.700. The molecule has 31 heavy (non-hydrogen) atoms. The molecular weight excluding hydrogens is 388 g/mol. The van der Waals surface area contributed by atoms with E-state index in [1.807, 2.05) is 12.1 Å². The molecule has 1 N–H and O–H groups in total. The molecule has 1 saturated carbocycles. The predicted molar refractivity (Wildman–Crippen MR) is 122 cm³/mol. The third-order valence-corrected chi connectivity index (χ3v) is 7.23. The van der Waals surface area contributed by atoms with Gasteiger partial charge in [-0.25, -0.2) is 0 Å². The van der Waals surface area contributed by atoms with Gasteiger partial charge in [0.1, 0.15) is 11.8 Å². The van der Waals surface area contributed by atoms with Crippen molar-refractivity contribution in [1.29, 1.82) is 0 Å². The van der Waals surface area contributed by atoms with Crippen LogP contribution < -0.4 is 4.84 Å². The summed E-state index contributed by atoms with van der Waals surface area (Å²) in [5.74, 6) is 0.595. The van der Waals surface area contributed by atoms with Crippen LogP contribution >= 0.6 is 0 Å². The number of carboxylic acids is 1. The average molecular weight is 423 g/mol. The summed E-state index contributed by atoms with van der Waals surface area (Å²) in [5.41, 5.74) is 2.82. The molecule has 1 aliphatic carbocycles. The summed E-state index contributed by atoms with van der Waals surface area (Å²) < 4.78 is 0. The van der Waals surface area contributed by atoms with Crippen molar-refractivity contribution in [2.75, 3.05) is 20.6 Å². The van der Waals surface area contributed by atoms with Gasteiger partial charge in [0.15, 0.2) is 0 Å². The van der Waals surface area contributed by atoms with Gasteiger partial charge >= 0.3 is 5.97 Å². The van der Waals surface area contributed by atoms with Crippen molar-refractivity contribution in [3.05, 3.63) is 65.7 Å². The zero-order chi connectivity index (χ0) is 21.8. The Balaban J connectivity index is 1.39. The Kier molecular flexibility index (Phi) is 6.63. The monoisotopic (exact) mass is 422 g/mol. The SMILES string of the molecule is CN(C)C1(c2ccccc2)CCC(Cc2cccc(ON3CCCC3C(=O)O)c2)CC1. The highest BCUT2D eigenvalue weighted by atomic mass is 16.7. The maximum absolute atomic E-state index is 11.4. The van der Waals surface area contributed by atoms with Crippen molar-refractivity contribution in [3.63, 3.8) is 0 Å². The summed E-state index contributed by atoms with van der Waals surface area (Å²) in [4.78, 5) is 19.8. The molecule has 166 valence electrons. The van der Waals surface area contributed by atoms with Crippen LogP contribution in [-0.4, -0.2) is 47.7 Å². The number of nitrogens with zero attached hydrogens (tertiary/aromatic N) is 2. The molecule has 0 aromatic heterocycles. The number of hydroxylamine groups is 2. The van der Waals surface area contributed by atoms with E-state index in [0.717, 1.165) is 18.6 Å². The second kappa shape index (κ2) is 9.41. The lowest BCUT2D eigenvalue weighted by Crippen LogP contribution is -2.44. The number of carbonyl (C=O) groups is 1. The highest BCUT2D eigenvalue weighted by molar-refractivity contribution is 5.73. The smallest absolute Gasteiger partial charge is 0.324 e. The van der Waals surface area contributed by atoms with Gasteiger partial charge < -0.3 is 9.94 Å². The van der Waals surface area contributed by atoms with Gasteiger partial charge in [0.2, 0.25) is 0 Å². The Bertz CT molecular complexity index is 875. The summed E-state index contributed by atoms with van der Waals surface area (Å²) >= 11 is 0. The molecule has 5 heteroatoms. The van der Waals surface area contributed by atoms with Crippen LogP contribution in [0.15, 0.2) is 54.6 Å². The molecule has 0 amide bonds. The summed E-state index contributed by atoms with van der Waals surface area (Å²) in [5, 5.41) is 11.0. The number of aliphatic carboxylic acids is 1. The van der Waals surface area contributed by atoms with Gasteiger partial charge in [-0.2, -0.15) is 0 Å². The first-order valence-electron chi connectivity index (χ1n) is 11.5. The molecule has 0 radical (unpaired) electrons. The van der Waals surface area contributed by atoms with Crippen molar-refractivity contribution < 1.29 is 14.7 Å². The Morgan fingerprint density at radius 2 is 1.84 bits per heavy atom. The number of hydrogen-bond donors (Lipinski definition) is 1. The van der Waals surface area contributed by atoms with Crippen molar-refractivity contribution in [1.82, 2.24) is 9.96 Å². The van der Waals surface area contributed by atoms with Gasteiger partial charge in [-0.15, -0.1) is 5.06 Å². The largest absolute Gasteiger partial charge is 0.480 e. The first-order valence-corrected chi connectivity index (χ1v) is 11.5. The fourth-order valence-corrected chi connectivity index (χ4v) is 5.40. The van der Waals surface area contributed by atoms with Crippen LogP contribution in [0.1, 0.15) is 49.7 Å². The number of carboxylic acid groups (broad SMARTS) is 1. The highest BCUT2D eigenvalue weighted by Crippen LogP contribution is 2.43. The van der Waals surface area contributed by atoms with Crippen LogP contribution in [0.25, 0.3) is 0 Å². The molecular formula is C26H34N2O3. The van der Waals surface area contributed by atoms with Crippen LogP contribution in [0, 0.1) is 5.92 Å².